The van der Waals surface area contributed by atoms with Crippen LogP contribution in [0, 0.1) is 0 Å². The second-order valence-electron chi connectivity index (χ2n) is 4.40. The molecule has 0 saturated heterocycles. The van der Waals surface area contributed by atoms with Crippen LogP contribution in [0.2, 0.25) is 0 Å². The minimum Gasteiger partial charge on any atom is -0.508 e. The first kappa shape index (κ1) is 14.5. The molecule has 0 saturated carbocycles. The molecule has 2 N–H and O–H groups in total. The number of phenols is 1. The molecule has 0 radical (unpaired) electrons. The zero-order valence-corrected chi connectivity index (χ0v) is 12.1. The molecular weight excluding hydrogens is 278 g/mol. The van der Waals surface area contributed by atoms with E-state index < -0.39 is 10.0 Å². The van der Waals surface area contributed by atoms with E-state index in [0.29, 0.717) is 6.54 Å². The second kappa shape index (κ2) is 5.64. The number of sulfonamides is 1. The van der Waals surface area contributed by atoms with Gasteiger partial charge in [-0.1, -0.05) is 19.1 Å². The van der Waals surface area contributed by atoms with Crippen LogP contribution >= 0.6 is 0 Å². The molecule has 20 heavy (non-hydrogen) atoms. The monoisotopic (exact) mass is 295 g/mol. The smallest absolute Gasteiger partial charge is 0.260 e. The third-order valence-electron chi connectivity index (χ3n) is 3.16. The quantitative estimate of drug-likeness (QED) is 0.882. The minimum absolute atomic E-state index is 0.0614. The van der Waals surface area contributed by atoms with Gasteiger partial charge in [0.15, 0.2) is 5.03 Å². The van der Waals surface area contributed by atoms with E-state index >= 15 is 0 Å². The van der Waals surface area contributed by atoms with Gasteiger partial charge in [0.2, 0.25) is 0 Å². The van der Waals surface area contributed by atoms with Crippen molar-refractivity contribution < 1.29 is 13.5 Å². The molecule has 2 rings (SSSR count). The van der Waals surface area contributed by atoms with E-state index in [1.54, 1.807) is 38.1 Å². The molecule has 0 aliphatic heterocycles. The summed E-state index contributed by atoms with van der Waals surface area (Å²) >= 11 is 0. The van der Waals surface area contributed by atoms with Gasteiger partial charge in [0.1, 0.15) is 5.75 Å². The third-order valence-corrected chi connectivity index (χ3v) is 5.13. The third kappa shape index (κ3) is 2.68. The lowest BCUT2D eigenvalue weighted by molar-refractivity contribution is 0.354. The molecule has 7 heteroatoms. The van der Waals surface area contributed by atoms with Gasteiger partial charge in [-0.15, -0.1) is 0 Å². The molecule has 0 bridgehead atoms. The van der Waals surface area contributed by atoms with Crippen LogP contribution in [0.3, 0.4) is 0 Å². The van der Waals surface area contributed by atoms with Crippen LogP contribution in [0.4, 0.5) is 0 Å². The molecule has 108 valence electrons. The van der Waals surface area contributed by atoms with E-state index in [-0.39, 0.29) is 16.8 Å². The number of benzene rings is 1. The van der Waals surface area contributed by atoms with Gasteiger partial charge in [0.05, 0.1) is 6.20 Å². The highest BCUT2D eigenvalue weighted by Gasteiger charge is 2.29. The summed E-state index contributed by atoms with van der Waals surface area (Å²) in [4.78, 5) is 0. The molecule has 6 nitrogen and oxygen atoms in total. The van der Waals surface area contributed by atoms with Crippen molar-refractivity contribution in [2.75, 3.05) is 6.54 Å². The standard InChI is InChI=1S/C13H17N3O3S/c1-3-16(20(18,19)13-7-8-14-15-13)10(2)11-5-4-6-12(17)9-11/h4-10,17H,3H2,1-2H3,(H,14,15). The Balaban J connectivity index is 2.38. The lowest BCUT2D eigenvalue weighted by Crippen LogP contribution is -2.33. The summed E-state index contributed by atoms with van der Waals surface area (Å²) in [7, 11) is -3.63. The number of aromatic amines is 1. The molecule has 0 spiro atoms. The first-order valence-corrected chi connectivity index (χ1v) is 7.71. The Labute approximate surface area is 118 Å². The van der Waals surface area contributed by atoms with E-state index in [0.717, 1.165) is 5.56 Å². The molecule has 1 unspecified atom stereocenters. The molecular formula is C13H17N3O3S. The number of aromatic nitrogens is 2. The van der Waals surface area contributed by atoms with Crippen LogP contribution in [-0.4, -0.2) is 34.6 Å². The van der Waals surface area contributed by atoms with Crippen molar-refractivity contribution >= 4 is 10.0 Å². The predicted molar refractivity (Wildman–Crippen MR) is 74.7 cm³/mol. The highest BCUT2D eigenvalue weighted by atomic mass is 32.2. The summed E-state index contributed by atoms with van der Waals surface area (Å²) in [5, 5.41) is 15.7. The van der Waals surface area contributed by atoms with Crippen LogP contribution < -0.4 is 0 Å². The molecule has 0 aliphatic carbocycles. The lowest BCUT2D eigenvalue weighted by atomic mass is 10.1. The summed E-state index contributed by atoms with van der Waals surface area (Å²) < 4.78 is 26.4. The number of H-pyrrole nitrogens is 1. The van der Waals surface area contributed by atoms with Crippen molar-refractivity contribution in [1.29, 1.82) is 0 Å². The zero-order valence-electron chi connectivity index (χ0n) is 11.3. The summed E-state index contributed by atoms with van der Waals surface area (Å²) in [5.41, 5.74) is 0.731. The number of aromatic hydroxyl groups is 1. The van der Waals surface area contributed by atoms with Crippen molar-refractivity contribution in [2.45, 2.75) is 24.9 Å². The fourth-order valence-corrected chi connectivity index (χ4v) is 3.65. The van der Waals surface area contributed by atoms with Crippen LogP contribution in [0.15, 0.2) is 41.6 Å². The SMILES string of the molecule is CCN(C(C)c1cccc(O)c1)S(=O)(=O)c1ccn[nH]1. The Hall–Kier alpha value is -1.86. The van der Waals surface area contributed by atoms with Crippen molar-refractivity contribution in [2.24, 2.45) is 0 Å². The minimum atomic E-state index is -3.63. The summed E-state index contributed by atoms with van der Waals surface area (Å²) in [6.45, 7) is 3.87. The summed E-state index contributed by atoms with van der Waals surface area (Å²) in [5.74, 6) is 0.115. The molecule has 0 amide bonds. The second-order valence-corrected chi connectivity index (χ2v) is 6.26. The topological polar surface area (TPSA) is 86.3 Å². The van der Waals surface area contributed by atoms with Crippen molar-refractivity contribution in [3.63, 3.8) is 0 Å². The fraction of sp³-hybridized carbons (Fsp3) is 0.308. The summed E-state index contributed by atoms with van der Waals surface area (Å²) in [6, 6.07) is 7.63. The molecule has 1 aromatic carbocycles. The predicted octanol–water partition coefficient (Wildman–Crippen LogP) is 1.89. The molecule has 0 aliphatic rings. The van der Waals surface area contributed by atoms with Crippen molar-refractivity contribution in [1.82, 2.24) is 14.5 Å². The van der Waals surface area contributed by atoms with Gasteiger partial charge in [-0.25, -0.2) is 8.42 Å². The van der Waals surface area contributed by atoms with Gasteiger partial charge in [-0.3, -0.25) is 5.10 Å². The van der Waals surface area contributed by atoms with Crippen LogP contribution in [0.25, 0.3) is 0 Å². The van der Waals surface area contributed by atoms with E-state index in [9.17, 15) is 13.5 Å². The molecule has 1 atom stereocenters. The number of nitrogens with zero attached hydrogens (tertiary/aromatic N) is 2. The summed E-state index contributed by atoms with van der Waals surface area (Å²) in [6.07, 6.45) is 1.40. The fourth-order valence-electron chi connectivity index (χ4n) is 2.12. The number of phenolic OH excluding ortho intramolecular Hbond substituents is 1. The van der Waals surface area contributed by atoms with E-state index in [2.05, 4.69) is 10.2 Å². The Morgan fingerprint density at radius 1 is 1.40 bits per heavy atom. The first-order valence-electron chi connectivity index (χ1n) is 6.27. The maximum absolute atomic E-state index is 12.5. The van der Waals surface area contributed by atoms with Gasteiger partial charge in [-0.05, 0) is 30.7 Å². The number of rotatable bonds is 5. The van der Waals surface area contributed by atoms with Crippen molar-refractivity contribution in [3.8, 4) is 5.75 Å². The van der Waals surface area contributed by atoms with Gasteiger partial charge in [0.25, 0.3) is 10.0 Å². The maximum atomic E-state index is 12.5. The molecule has 2 aromatic rings. The van der Waals surface area contributed by atoms with E-state index in [4.69, 9.17) is 0 Å². The Morgan fingerprint density at radius 2 is 2.15 bits per heavy atom. The Morgan fingerprint density at radius 3 is 2.70 bits per heavy atom. The largest absolute Gasteiger partial charge is 0.508 e. The van der Waals surface area contributed by atoms with E-state index in [1.165, 1.54) is 16.6 Å². The highest BCUT2D eigenvalue weighted by Crippen LogP contribution is 2.27. The lowest BCUT2D eigenvalue weighted by Gasteiger charge is -2.26. The van der Waals surface area contributed by atoms with Crippen LogP contribution in [0.1, 0.15) is 25.5 Å². The van der Waals surface area contributed by atoms with Gasteiger partial charge in [-0.2, -0.15) is 9.40 Å². The zero-order chi connectivity index (χ0) is 14.8. The normalized spacial score (nSPS) is 13.6. The molecule has 1 heterocycles. The number of hydrogen-bond acceptors (Lipinski definition) is 4. The van der Waals surface area contributed by atoms with Crippen LogP contribution in [0.5, 0.6) is 5.75 Å². The Bertz CT molecular complexity index is 668. The van der Waals surface area contributed by atoms with Gasteiger partial charge >= 0.3 is 0 Å². The van der Waals surface area contributed by atoms with E-state index in [1.807, 2.05) is 0 Å². The highest BCUT2D eigenvalue weighted by molar-refractivity contribution is 7.89. The van der Waals surface area contributed by atoms with Crippen LogP contribution in [-0.2, 0) is 10.0 Å². The number of nitrogens with one attached hydrogen (secondary N) is 1. The molecule has 1 aromatic heterocycles. The van der Waals surface area contributed by atoms with Gasteiger partial charge in [0, 0.05) is 12.6 Å². The average molecular weight is 295 g/mol. The number of hydrogen-bond donors (Lipinski definition) is 2. The van der Waals surface area contributed by atoms with Crippen molar-refractivity contribution in [3.05, 3.63) is 42.1 Å². The average Bonchev–Trinajstić information content (AvgIpc) is 2.93. The maximum Gasteiger partial charge on any atom is 0.260 e. The first-order chi connectivity index (χ1) is 9.46. The van der Waals surface area contributed by atoms with Gasteiger partial charge < -0.3 is 5.11 Å². The molecule has 0 fully saturated rings. The Kier molecular flexibility index (Phi) is 4.10.